The Morgan fingerprint density at radius 2 is 2.00 bits per heavy atom. The monoisotopic (exact) mass is 286 g/mol. The van der Waals surface area contributed by atoms with Crippen molar-refractivity contribution in [1.82, 2.24) is 4.90 Å². The number of anilines is 1. The van der Waals surface area contributed by atoms with Gasteiger partial charge in [0.2, 0.25) is 0 Å². The maximum absolute atomic E-state index is 12.3. The Kier molecular flexibility index (Phi) is 4.60. The molecule has 1 N–H and O–H groups in total. The number of halogens is 2. The molecule has 0 radical (unpaired) electrons. The highest BCUT2D eigenvalue weighted by Crippen LogP contribution is 2.31. The molecule has 110 valence electrons. The van der Waals surface area contributed by atoms with Gasteiger partial charge in [-0.3, -0.25) is 0 Å². The Labute approximate surface area is 115 Å². The minimum absolute atomic E-state index is 0.110. The van der Waals surface area contributed by atoms with E-state index in [1.165, 1.54) is 19.2 Å². The second-order valence-electron chi connectivity index (χ2n) is 4.37. The standard InChI is InChI=1S/C13H16F2N2O3/c1-19-10-5-4-9(8-11(10)20-12(14)15)16-13(18)17-6-2-3-7-17/h4-5,8,12H,2-3,6-7H2,1H3,(H,16,18). The van der Waals surface area contributed by atoms with Crippen LogP contribution < -0.4 is 14.8 Å². The third-order valence-electron chi connectivity index (χ3n) is 3.02. The van der Waals surface area contributed by atoms with E-state index >= 15 is 0 Å². The van der Waals surface area contributed by atoms with E-state index in [2.05, 4.69) is 10.1 Å². The van der Waals surface area contributed by atoms with Crippen LogP contribution in [0, 0.1) is 0 Å². The van der Waals surface area contributed by atoms with Gasteiger partial charge in [0, 0.05) is 24.8 Å². The zero-order chi connectivity index (χ0) is 14.5. The molecule has 0 aliphatic carbocycles. The van der Waals surface area contributed by atoms with Crippen LogP contribution in [0.2, 0.25) is 0 Å². The summed E-state index contributed by atoms with van der Waals surface area (Å²) in [6, 6.07) is 4.12. The van der Waals surface area contributed by atoms with Gasteiger partial charge < -0.3 is 19.7 Å². The minimum Gasteiger partial charge on any atom is -0.493 e. The van der Waals surface area contributed by atoms with Crippen LogP contribution >= 0.6 is 0 Å². The Morgan fingerprint density at radius 3 is 2.60 bits per heavy atom. The summed E-state index contributed by atoms with van der Waals surface area (Å²) in [5, 5.41) is 2.66. The average molecular weight is 286 g/mol. The highest BCUT2D eigenvalue weighted by Gasteiger charge is 2.18. The fourth-order valence-corrected chi connectivity index (χ4v) is 2.07. The highest BCUT2D eigenvalue weighted by molar-refractivity contribution is 5.89. The lowest BCUT2D eigenvalue weighted by Crippen LogP contribution is -2.32. The Hall–Kier alpha value is -2.05. The zero-order valence-electron chi connectivity index (χ0n) is 11.1. The van der Waals surface area contributed by atoms with Crippen molar-refractivity contribution in [3.05, 3.63) is 18.2 Å². The first-order valence-electron chi connectivity index (χ1n) is 6.29. The van der Waals surface area contributed by atoms with Crippen molar-refractivity contribution in [2.24, 2.45) is 0 Å². The molecule has 1 fully saturated rings. The molecule has 1 heterocycles. The summed E-state index contributed by atoms with van der Waals surface area (Å²) in [7, 11) is 1.36. The summed E-state index contributed by atoms with van der Waals surface area (Å²) in [6.07, 6.45) is 1.96. The molecule has 0 spiro atoms. The lowest BCUT2D eigenvalue weighted by molar-refractivity contribution is -0.0511. The maximum Gasteiger partial charge on any atom is 0.387 e. The molecule has 0 aromatic heterocycles. The molecule has 1 aromatic rings. The van der Waals surface area contributed by atoms with E-state index in [-0.39, 0.29) is 17.5 Å². The number of likely N-dealkylation sites (tertiary alicyclic amines) is 1. The SMILES string of the molecule is COc1ccc(NC(=O)N2CCCC2)cc1OC(F)F. The number of methoxy groups -OCH3 is 1. The summed E-state index contributed by atoms with van der Waals surface area (Å²) in [5.74, 6) is 0.0752. The number of carbonyl (C=O) groups is 1. The van der Waals surface area contributed by atoms with Crippen molar-refractivity contribution in [1.29, 1.82) is 0 Å². The average Bonchev–Trinajstić information content (AvgIpc) is 2.92. The van der Waals surface area contributed by atoms with Crippen LogP contribution in [0.5, 0.6) is 11.5 Å². The van der Waals surface area contributed by atoms with Gasteiger partial charge in [-0.15, -0.1) is 0 Å². The summed E-state index contributed by atoms with van der Waals surface area (Å²) < 4.78 is 33.9. The van der Waals surface area contributed by atoms with Crippen LogP contribution in [0.15, 0.2) is 18.2 Å². The fourth-order valence-electron chi connectivity index (χ4n) is 2.07. The molecule has 1 saturated heterocycles. The quantitative estimate of drug-likeness (QED) is 0.926. The molecule has 0 saturated carbocycles. The van der Waals surface area contributed by atoms with Gasteiger partial charge in [0.05, 0.1) is 7.11 Å². The Morgan fingerprint density at radius 1 is 1.30 bits per heavy atom. The Bertz CT molecular complexity index is 477. The number of urea groups is 1. The fraction of sp³-hybridized carbons (Fsp3) is 0.462. The molecule has 2 rings (SSSR count). The first-order valence-corrected chi connectivity index (χ1v) is 6.29. The van der Waals surface area contributed by atoms with Gasteiger partial charge in [0.25, 0.3) is 0 Å². The second kappa shape index (κ2) is 6.40. The molecule has 1 aromatic carbocycles. The summed E-state index contributed by atoms with van der Waals surface area (Å²) in [5.41, 5.74) is 0.387. The van der Waals surface area contributed by atoms with Crippen LogP contribution in [0.25, 0.3) is 0 Å². The maximum atomic E-state index is 12.3. The lowest BCUT2D eigenvalue weighted by Gasteiger charge is -2.17. The van der Waals surface area contributed by atoms with Gasteiger partial charge in [0.15, 0.2) is 11.5 Å². The predicted octanol–water partition coefficient (Wildman–Crippen LogP) is 2.92. The smallest absolute Gasteiger partial charge is 0.387 e. The number of amides is 2. The topological polar surface area (TPSA) is 50.8 Å². The molecule has 1 aliphatic rings. The van der Waals surface area contributed by atoms with Crippen LogP contribution in [-0.2, 0) is 0 Å². The lowest BCUT2D eigenvalue weighted by atomic mass is 10.2. The zero-order valence-corrected chi connectivity index (χ0v) is 11.1. The van der Waals surface area contributed by atoms with E-state index in [1.54, 1.807) is 11.0 Å². The van der Waals surface area contributed by atoms with E-state index in [0.717, 1.165) is 12.8 Å². The third kappa shape index (κ3) is 3.49. The number of nitrogens with one attached hydrogen (secondary N) is 1. The van der Waals surface area contributed by atoms with Gasteiger partial charge in [-0.1, -0.05) is 0 Å². The van der Waals surface area contributed by atoms with Crippen molar-refractivity contribution in [2.75, 3.05) is 25.5 Å². The van der Waals surface area contributed by atoms with Crippen molar-refractivity contribution in [2.45, 2.75) is 19.5 Å². The van der Waals surface area contributed by atoms with Crippen molar-refractivity contribution >= 4 is 11.7 Å². The minimum atomic E-state index is -2.95. The van der Waals surface area contributed by atoms with Gasteiger partial charge in [0.1, 0.15) is 0 Å². The number of hydrogen-bond acceptors (Lipinski definition) is 3. The molecule has 5 nitrogen and oxygen atoms in total. The molecule has 7 heteroatoms. The van der Waals surface area contributed by atoms with Gasteiger partial charge in [-0.2, -0.15) is 8.78 Å². The normalized spacial score (nSPS) is 14.5. The molecule has 20 heavy (non-hydrogen) atoms. The molecule has 1 aliphatic heterocycles. The summed E-state index contributed by atoms with van der Waals surface area (Å²) in [6.45, 7) is -1.53. The largest absolute Gasteiger partial charge is 0.493 e. The third-order valence-corrected chi connectivity index (χ3v) is 3.02. The van der Waals surface area contributed by atoms with Crippen LogP contribution in [0.3, 0.4) is 0 Å². The molecule has 0 bridgehead atoms. The van der Waals surface area contributed by atoms with Crippen LogP contribution in [0.4, 0.5) is 19.3 Å². The van der Waals surface area contributed by atoms with E-state index in [9.17, 15) is 13.6 Å². The van der Waals surface area contributed by atoms with Gasteiger partial charge >= 0.3 is 12.6 Å². The second-order valence-corrected chi connectivity index (χ2v) is 4.37. The van der Waals surface area contributed by atoms with E-state index in [4.69, 9.17) is 4.74 Å². The van der Waals surface area contributed by atoms with E-state index in [0.29, 0.717) is 18.8 Å². The molecule has 2 amide bonds. The van der Waals surface area contributed by atoms with Gasteiger partial charge in [-0.05, 0) is 25.0 Å². The first kappa shape index (κ1) is 14.4. The summed E-state index contributed by atoms with van der Waals surface area (Å²) >= 11 is 0. The molecular weight excluding hydrogens is 270 g/mol. The Balaban J connectivity index is 2.09. The number of hydrogen-bond donors (Lipinski definition) is 1. The van der Waals surface area contributed by atoms with Crippen LogP contribution in [-0.4, -0.2) is 37.7 Å². The number of ether oxygens (including phenoxy) is 2. The van der Waals surface area contributed by atoms with E-state index < -0.39 is 6.61 Å². The molecule has 0 atom stereocenters. The number of alkyl halides is 2. The highest BCUT2D eigenvalue weighted by atomic mass is 19.3. The number of nitrogens with zero attached hydrogens (tertiary/aromatic N) is 1. The first-order chi connectivity index (χ1) is 9.60. The summed E-state index contributed by atoms with van der Waals surface area (Å²) in [4.78, 5) is 13.6. The number of rotatable bonds is 4. The van der Waals surface area contributed by atoms with Gasteiger partial charge in [-0.25, -0.2) is 4.79 Å². The van der Waals surface area contributed by atoms with Crippen molar-refractivity contribution in [3.8, 4) is 11.5 Å². The van der Waals surface area contributed by atoms with Crippen molar-refractivity contribution in [3.63, 3.8) is 0 Å². The van der Waals surface area contributed by atoms with E-state index in [1.807, 2.05) is 0 Å². The molecular formula is C13H16F2N2O3. The number of carbonyl (C=O) groups excluding carboxylic acids is 1. The van der Waals surface area contributed by atoms with Crippen LogP contribution in [0.1, 0.15) is 12.8 Å². The number of benzene rings is 1. The predicted molar refractivity (Wildman–Crippen MR) is 69.5 cm³/mol. The van der Waals surface area contributed by atoms with Crippen molar-refractivity contribution < 1.29 is 23.0 Å². The molecule has 0 unspecified atom stereocenters.